The van der Waals surface area contributed by atoms with E-state index in [-0.39, 0.29) is 5.69 Å². The summed E-state index contributed by atoms with van der Waals surface area (Å²) in [6.07, 6.45) is 0. The van der Waals surface area contributed by atoms with Gasteiger partial charge < -0.3 is 10.5 Å². The van der Waals surface area contributed by atoms with Crippen LogP contribution in [0.25, 0.3) is 0 Å². The molecule has 0 aliphatic rings. The van der Waals surface area contributed by atoms with Crippen LogP contribution < -0.4 is 5.73 Å². The molecule has 1 rings (SSSR count). The van der Waals surface area contributed by atoms with Gasteiger partial charge in [-0.3, -0.25) is 0 Å². The lowest BCUT2D eigenvalue weighted by atomic mass is 10.3. The highest BCUT2D eigenvalue weighted by molar-refractivity contribution is 8.01. The lowest BCUT2D eigenvalue weighted by Crippen LogP contribution is -2.02. The molecule has 0 spiro atoms. The molecule has 1 aromatic heterocycles. The average molecular weight is 242 g/mol. The van der Waals surface area contributed by atoms with Crippen molar-refractivity contribution in [2.45, 2.75) is 11.1 Å². The SMILES string of the molecule is CCSc1sc(C(=O)OC)c(N)c1C#N. The molecule has 0 saturated heterocycles. The van der Waals surface area contributed by atoms with Crippen molar-refractivity contribution in [3.63, 3.8) is 0 Å². The number of esters is 1. The molecular weight excluding hydrogens is 232 g/mol. The zero-order valence-corrected chi connectivity index (χ0v) is 10.00. The molecule has 0 aliphatic heterocycles. The molecule has 0 bridgehead atoms. The topological polar surface area (TPSA) is 76.1 Å². The molecule has 6 heteroatoms. The second-order valence-corrected chi connectivity index (χ2v) is 5.10. The molecule has 0 amide bonds. The lowest BCUT2D eigenvalue weighted by Gasteiger charge is -1.95. The van der Waals surface area contributed by atoms with E-state index in [2.05, 4.69) is 4.74 Å². The quantitative estimate of drug-likeness (QED) is 0.649. The molecule has 1 heterocycles. The van der Waals surface area contributed by atoms with E-state index in [1.54, 1.807) is 0 Å². The Morgan fingerprint density at radius 2 is 2.40 bits per heavy atom. The van der Waals surface area contributed by atoms with Gasteiger partial charge in [0.05, 0.1) is 17.0 Å². The van der Waals surface area contributed by atoms with Gasteiger partial charge in [-0.15, -0.1) is 23.1 Å². The highest BCUT2D eigenvalue weighted by Gasteiger charge is 2.21. The van der Waals surface area contributed by atoms with Crippen LogP contribution in [0.15, 0.2) is 4.21 Å². The largest absolute Gasteiger partial charge is 0.465 e. The molecule has 4 nitrogen and oxygen atoms in total. The summed E-state index contributed by atoms with van der Waals surface area (Å²) in [5, 5.41) is 8.90. The number of methoxy groups -OCH3 is 1. The summed E-state index contributed by atoms with van der Waals surface area (Å²) in [5.41, 5.74) is 6.30. The Kier molecular flexibility index (Phi) is 4.00. The van der Waals surface area contributed by atoms with Gasteiger partial charge in [-0.2, -0.15) is 5.26 Å². The smallest absolute Gasteiger partial charge is 0.350 e. The molecule has 0 radical (unpaired) electrons. The molecule has 15 heavy (non-hydrogen) atoms. The molecular formula is C9H10N2O2S2. The Hall–Kier alpha value is -1.19. The lowest BCUT2D eigenvalue weighted by molar-refractivity contribution is 0.0607. The van der Waals surface area contributed by atoms with Crippen molar-refractivity contribution < 1.29 is 9.53 Å². The van der Waals surface area contributed by atoms with Gasteiger partial charge in [0, 0.05) is 0 Å². The summed E-state index contributed by atoms with van der Waals surface area (Å²) >= 11 is 2.71. The Morgan fingerprint density at radius 3 is 2.87 bits per heavy atom. The number of nitriles is 1. The minimum Gasteiger partial charge on any atom is -0.465 e. The Balaban J connectivity index is 3.22. The fourth-order valence-corrected chi connectivity index (χ4v) is 3.23. The maximum Gasteiger partial charge on any atom is 0.350 e. The van der Waals surface area contributed by atoms with Crippen LogP contribution in [0.3, 0.4) is 0 Å². The van der Waals surface area contributed by atoms with E-state index in [9.17, 15) is 4.79 Å². The van der Waals surface area contributed by atoms with Crippen molar-refractivity contribution in [2.24, 2.45) is 0 Å². The van der Waals surface area contributed by atoms with Crippen molar-refractivity contribution in [1.82, 2.24) is 0 Å². The predicted octanol–water partition coefficient (Wildman–Crippen LogP) is 2.10. The summed E-state index contributed by atoms with van der Waals surface area (Å²) in [6, 6.07) is 2.00. The van der Waals surface area contributed by atoms with Gasteiger partial charge in [-0.05, 0) is 5.75 Å². The Bertz CT molecular complexity index is 420. The molecule has 80 valence electrons. The summed E-state index contributed by atoms with van der Waals surface area (Å²) in [4.78, 5) is 11.6. The maximum atomic E-state index is 11.3. The number of ether oxygens (including phenoxy) is 1. The Morgan fingerprint density at radius 1 is 1.73 bits per heavy atom. The molecule has 2 N–H and O–H groups in total. The van der Waals surface area contributed by atoms with Crippen LogP contribution in [-0.2, 0) is 4.74 Å². The number of hydrogen-bond donors (Lipinski definition) is 1. The van der Waals surface area contributed by atoms with Crippen LogP contribution in [0.4, 0.5) is 5.69 Å². The van der Waals surface area contributed by atoms with E-state index in [0.29, 0.717) is 10.4 Å². The van der Waals surface area contributed by atoms with Gasteiger partial charge >= 0.3 is 5.97 Å². The van der Waals surface area contributed by atoms with Crippen LogP contribution in [0, 0.1) is 11.3 Å². The third-order valence-electron chi connectivity index (χ3n) is 1.67. The molecule has 0 atom stereocenters. The van der Waals surface area contributed by atoms with Gasteiger partial charge in [0.15, 0.2) is 0 Å². The van der Waals surface area contributed by atoms with Crippen LogP contribution in [0.2, 0.25) is 0 Å². The molecule has 0 aromatic carbocycles. The number of anilines is 1. The standard InChI is InChI=1S/C9H10N2O2S2/c1-3-14-9-5(4-10)6(11)7(15-9)8(12)13-2/h3,11H2,1-2H3. The third-order valence-corrected chi connectivity index (χ3v) is 4.01. The fraction of sp³-hybridized carbons (Fsp3) is 0.333. The maximum absolute atomic E-state index is 11.3. The van der Waals surface area contributed by atoms with E-state index >= 15 is 0 Å². The zero-order chi connectivity index (χ0) is 11.4. The van der Waals surface area contributed by atoms with Crippen molar-refractivity contribution in [3.05, 3.63) is 10.4 Å². The van der Waals surface area contributed by atoms with E-state index in [4.69, 9.17) is 11.0 Å². The number of thiophene rings is 1. The number of nitrogens with zero attached hydrogens (tertiary/aromatic N) is 1. The molecule has 0 saturated carbocycles. The predicted molar refractivity (Wildman–Crippen MR) is 61.2 cm³/mol. The van der Waals surface area contributed by atoms with Gasteiger partial charge in [-0.25, -0.2) is 4.79 Å². The average Bonchev–Trinajstić information content (AvgIpc) is 2.55. The number of thioether (sulfide) groups is 1. The summed E-state index contributed by atoms with van der Waals surface area (Å²) in [7, 11) is 1.29. The van der Waals surface area contributed by atoms with Gasteiger partial charge in [0.1, 0.15) is 16.5 Å². The fourth-order valence-electron chi connectivity index (χ4n) is 1.01. The third kappa shape index (κ3) is 2.25. The number of hydrogen-bond acceptors (Lipinski definition) is 6. The monoisotopic (exact) mass is 242 g/mol. The first-order chi connectivity index (χ1) is 7.15. The van der Waals surface area contributed by atoms with Crippen LogP contribution >= 0.6 is 23.1 Å². The minimum absolute atomic E-state index is 0.227. The summed E-state index contributed by atoms with van der Waals surface area (Å²) < 4.78 is 5.36. The van der Waals surface area contributed by atoms with Crippen molar-refractivity contribution in [1.29, 1.82) is 5.26 Å². The Labute approximate surface area is 96.0 Å². The van der Waals surface area contributed by atoms with Crippen LogP contribution in [-0.4, -0.2) is 18.8 Å². The van der Waals surface area contributed by atoms with Gasteiger partial charge in [-0.1, -0.05) is 6.92 Å². The first-order valence-electron chi connectivity index (χ1n) is 4.19. The number of nitrogens with two attached hydrogens (primary N) is 1. The molecule has 0 fully saturated rings. The summed E-state index contributed by atoms with van der Waals surface area (Å²) in [5.74, 6) is 0.340. The first kappa shape index (κ1) is 11.9. The molecule has 1 aromatic rings. The highest BCUT2D eigenvalue weighted by atomic mass is 32.2. The van der Waals surface area contributed by atoms with Crippen molar-refractivity contribution in [3.8, 4) is 6.07 Å². The highest BCUT2D eigenvalue weighted by Crippen LogP contribution is 2.37. The van der Waals surface area contributed by atoms with E-state index in [0.717, 1.165) is 9.96 Å². The zero-order valence-electron chi connectivity index (χ0n) is 8.36. The van der Waals surface area contributed by atoms with E-state index in [1.807, 2.05) is 13.0 Å². The van der Waals surface area contributed by atoms with E-state index in [1.165, 1.54) is 30.2 Å². The number of rotatable bonds is 3. The van der Waals surface area contributed by atoms with Crippen LogP contribution in [0.1, 0.15) is 22.2 Å². The molecule has 0 unspecified atom stereocenters. The first-order valence-corrected chi connectivity index (χ1v) is 5.99. The number of carbonyl (C=O) groups excluding carboxylic acids is 1. The van der Waals surface area contributed by atoms with Crippen LogP contribution in [0.5, 0.6) is 0 Å². The second-order valence-electron chi connectivity index (χ2n) is 2.54. The number of carbonyl (C=O) groups is 1. The van der Waals surface area contributed by atoms with Gasteiger partial charge in [0.2, 0.25) is 0 Å². The van der Waals surface area contributed by atoms with Gasteiger partial charge in [0.25, 0.3) is 0 Å². The van der Waals surface area contributed by atoms with Crippen molar-refractivity contribution >= 4 is 34.8 Å². The molecule has 0 aliphatic carbocycles. The number of nitrogen functional groups attached to an aromatic ring is 1. The summed E-state index contributed by atoms with van der Waals surface area (Å²) in [6.45, 7) is 1.97. The second kappa shape index (κ2) is 5.05. The minimum atomic E-state index is -0.489. The van der Waals surface area contributed by atoms with Crippen molar-refractivity contribution in [2.75, 3.05) is 18.6 Å². The van der Waals surface area contributed by atoms with E-state index < -0.39 is 5.97 Å². The normalized spacial score (nSPS) is 9.67.